The van der Waals surface area contributed by atoms with Gasteiger partial charge in [0.25, 0.3) is 0 Å². The topological polar surface area (TPSA) is 0 Å². The van der Waals surface area contributed by atoms with E-state index in [1.165, 1.54) is 54.9 Å². The molecule has 0 saturated carbocycles. The van der Waals surface area contributed by atoms with Crippen molar-refractivity contribution < 1.29 is 46.4 Å². The molecule has 0 N–H and O–H groups in total. The van der Waals surface area contributed by atoms with E-state index in [1.807, 2.05) is 0 Å². The van der Waals surface area contributed by atoms with Crippen molar-refractivity contribution in [3.63, 3.8) is 0 Å². The van der Waals surface area contributed by atoms with Crippen LogP contribution in [0.15, 0.2) is 121 Å². The summed E-state index contributed by atoms with van der Waals surface area (Å²) in [6.07, 6.45) is 0. The Morgan fingerprint density at radius 3 is 1.21 bits per heavy atom. The fourth-order valence-corrected chi connectivity index (χ4v) is 4.51. The van der Waals surface area contributed by atoms with Gasteiger partial charge in [-0.2, -0.15) is 12.1 Å². The minimum absolute atomic E-state index is 0. The van der Waals surface area contributed by atoms with E-state index in [0.717, 1.165) is 0 Å². The molecule has 0 bridgehead atoms. The van der Waals surface area contributed by atoms with Gasteiger partial charge in [0.15, 0.2) is 0 Å². The molecule has 0 aromatic heterocycles. The molecule has 0 atom stereocenters. The average molecular weight is 675 g/mol. The Hall–Kier alpha value is -1.89. The quantitative estimate of drug-likeness (QED) is 0.194. The van der Waals surface area contributed by atoms with Gasteiger partial charge in [0, 0.05) is 0 Å². The van der Waals surface area contributed by atoms with Gasteiger partial charge in [-0.15, -0.1) is 69.1 Å². The van der Waals surface area contributed by atoms with Crippen molar-refractivity contribution in [2.45, 2.75) is 25.4 Å². The van der Waals surface area contributed by atoms with Gasteiger partial charge in [-0.1, -0.05) is 97.8 Å². The first-order valence-electron chi connectivity index (χ1n) is 12.4. The Kier molecular flexibility index (Phi) is 13.3. The van der Waals surface area contributed by atoms with E-state index in [4.69, 9.17) is 0 Å². The predicted molar refractivity (Wildman–Crippen MR) is 157 cm³/mol. The first kappa shape index (κ1) is 32.3. The van der Waals surface area contributed by atoms with Gasteiger partial charge < -0.3 is 24.8 Å². The second-order valence-corrected chi connectivity index (χ2v) is 26.4. The van der Waals surface area contributed by atoms with E-state index in [0.29, 0.717) is 0 Å². The number of hydrogen-bond donors (Lipinski definition) is 0. The van der Waals surface area contributed by atoms with Crippen LogP contribution in [0.3, 0.4) is 0 Å². The molecule has 0 saturated heterocycles. The summed E-state index contributed by atoms with van der Waals surface area (Å²) in [5, 5.41) is 5.37. The molecule has 6 aromatic carbocycles. The zero-order valence-corrected chi connectivity index (χ0v) is 28.4. The molecule has 6 rings (SSSR count). The molecule has 38 heavy (non-hydrogen) atoms. The molecule has 0 amide bonds. The van der Waals surface area contributed by atoms with Crippen LogP contribution < -0.4 is 24.8 Å². The monoisotopic (exact) mass is 674 g/mol. The van der Waals surface area contributed by atoms with Gasteiger partial charge >= 0.3 is 43.1 Å². The molecule has 4 heteroatoms. The molecule has 0 aliphatic rings. The molecule has 0 unspecified atom stereocenters. The molecule has 0 aliphatic heterocycles. The number of benzene rings is 4. The van der Waals surface area contributed by atoms with E-state index in [9.17, 15) is 0 Å². The maximum Gasteiger partial charge on any atom is -1.00 e. The van der Waals surface area contributed by atoms with Crippen LogP contribution in [0, 0.1) is 13.8 Å². The predicted octanol–water partition coefficient (Wildman–Crippen LogP) is 3.86. The number of hydrogen-bond acceptors (Lipinski definition) is 0. The van der Waals surface area contributed by atoms with Crippen LogP contribution >= 0.6 is 0 Å². The standard InChI is InChI=1S/2C16H13.C2H6Ge.2ClH.Zr/c2*1-12-10-14-8-5-9-15(16(14)11-12)13-6-3-2-4-7-13;1-3-2;;;/h2*2-11H,1H3;1-2H3;2*1H;/q2*-1;;;;+2/p-2. The van der Waals surface area contributed by atoms with E-state index in [1.54, 1.807) is 21.6 Å². The smallest absolute Gasteiger partial charge is 1.00 e. The molecule has 6 aromatic rings. The van der Waals surface area contributed by atoms with E-state index in [-0.39, 0.29) is 34.8 Å². The molecule has 192 valence electrons. The fraction of sp³-hybridized carbons (Fsp3) is 0.118. The average Bonchev–Trinajstić information content (AvgIpc) is 3.45. The summed E-state index contributed by atoms with van der Waals surface area (Å²) in [6, 6.07) is 43.1. The van der Waals surface area contributed by atoms with E-state index < -0.39 is 0 Å². The third kappa shape index (κ3) is 8.55. The second-order valence-electron chi connectivity index (χ2n) is 9.41. The summed E-state index contributed by atoms with van der Waals surface area (Å²) >= 11 is 1.80. The van der Waals surface area contributed by atoms with Crippen LogP contribution in [0.5, 0.6) is 0 Å². The van der Waals surface area contributed by atoms with Gasteiger partial charge in [0.05, 0.1) is 0 Å². The molecular formula is C34H32Cl2GeZr-2. The molecule has 0 radical (unpaired) electrons. The Balaban J connectivity index is 0.000000224. The van der Waals surface area contributed by atoms with Crippen LogP contribution in [0.4, 0.5) is 0 Å². The zero-order chi connectivity index (χ0) is 25.5. The molecule has 0 heterocycles. The van der Waals surface area contributed by atoms with Gasteiger partial charge in [0.2, 0.25) is 0 Å². The van der Waals surface area contributed by atoms with Crippen molar-refractivity contribution in [3.8, 4) is 22.3 Å². The Labute approximate surface area is 256 Å². The Morgan fingerprint density at radius 2 is 0.868 bits per heavy atom. The summed E-state index contributed by atoms with van der Waals surface area (Å²) in [5.74, 6) is 4.75. The van der Waals surface area contributed by atoms with Crippen LogP contribution in [-0.2, 0) is 21.6 Å². The summed E-state index contributed by atoms with van der Waals surface area (Å²) < 4.78 is 0. The van der Waals surface area contributed by atoms with Gasteiger partial charge in [0.1, 0.15) is 0 Å². The minimum atomic E-state index is -0.243. The number of halogens is 2. The van der Waals surface area contributed by atoms with Gasteiger partial charge in [-0.25, -0.2) is 0 Å². The zero-order valence-electron chi connectivity index (χ0n) is 22.3. The summed E-state index contributed by atoms with van der Waals surface area (Å²) in [7, 11) is -0.243. The van der Waals surface area contributed by atoms with Crippen molar-refractivity contribution in [2.75, 3.05) is 0 Å². The Morgan fingerprint density at radius 1 is 0.526 bits per heavy atom. The van der Waals surface area contributed by atoms with Crippen LogP contribution in [0.25, 0.3) is 43.8 Å². The molecular weight excluding hydrogens is 643 g/mol. The summed E-state index contributed by atoms with van der Waals surface area (Å²) in [6.45, 7) is 4.30. The van der Waals surface area contributed by atoms with Crippen molar-refractivity contribution in [3.05, 3.63) is 132 Å². The van der Waals surface area contributed by atoms with Gasteiger partial charge in [-0.3, -0.25) is 0 Å². The number of aryl methyl sites for hydroxylation is 2. The maximum absolute atomic E-state index is 2.37. The van der Waals surface area contributed by atoms with E-state index in [2.05, 4.69) is 147 Å². The number of rotatable bonds is 2. The van der Waals surface area contributed by atoms with Crippen LogP contribution in [0.1, 0.15) is 11.1 Å². The SMILES string of the molecule is Cc1cc2c(-c3ccccc3)cccc2[cH-]1.Cc1cc2c(-c3ccccc3)cccc2[cH-]1.[CH3][Ge]([CH3])=[Zr+2].[Cl-].[Cl-]. The summed E-state index contributed by atoms with van der Waals surface area (Å²) in [5.41, 5.74) is 7.89. The first-order chi connectivity index (χ1) is 17.4. The fourth-order valence-electron chi connectivity index (χ4n) is 4.51. The second kappa shape index (κ2) is 15.6. The third-order valence-corrected chi connectivity index (χ3v) is 5.96. The normalized spacial score (nSPS) is 9.84. The Bertz CT molecular complexity index is 1460. The minimum Gasteiger partial charge on any atom is -1.00 e. The molecule has 0 spiro atoms. The summed E-state index contributed by atoms with van der Waals surface area (Å²) in [4.78, 5) is 0. The molecule has 0 fully saturated rings. The molecule has 0 nitrogen and oxygen atoms in total. The first-order valence-corrected chi connectivity index (χ1v) is 24.0. The largest absolute Gasteiger partial charge is 1.00 e. The van der Waals surface area contributed by atoms with Crippen molar-refractivity contribution >= 4 is 31.5 Å². The van der Waals surface area contributed by atoms with Gasteiger partial charge in [-0.05, 0) is 11.1 Å². The van der Waals surface area contributed by atoms with Crippen molar-refractivity contribution in [2.24, 2.45) is 0 Å². The third-order valence-electron chi connectivity index (χ3n) is 5.96. The maximum atomic E-state index is 2.37. The van der Waals surface area contributed by atoms with Crippen molar-refractivity contribution in [1.29, 1.82) is 0 Å². The molecule has 0 aliphatic carbocycles. The van der Waals surface area contributed by atoms with Crippen LogP contribution in [-0.4, -0.2) is 9.98 Å². The number of fused-ring (bicyclic) bond motifs is 2. The van der Waals surface area contributed by atoms with Crippen LogP contribution in [0.2, 0.25) is 11.5 Å². The van der Waals surface area contributed by atoms with E-state index >= 15 is 0 Å². The van der Waals surface area contributed by atoms with Crippen molar-refractivity contribution in [1.82, 2.24) is 0 Å².